The van der Waals surface area contributed by atoms with Gasteiger partial charge in [-0.05, 0) is 35.9 Å². The van der Waals surface area contributed by atoms with E-state index >= 15 is 0 Å². The smallest absolute Gasteiger partial charge is 0.0892 e. The van der Waals surface area contributed by atoms with Gasteiger partial charge in [0.1, 0.15) is 0 Å². The Morgan fingerprint density at radius 1 is 0.722 bits per heavy atom. The first kappa shape index (κ1) is 10.6. The van der Waals surface area contributed by atoms with E-state index in [2.05, 4.69) is 15.0 Å². The molecule has 0 fully saturated rings. The van der Waals surface area contributed by atoms with Crippen molar-refractivity contribution in [1.29, 1.82) is 0 Å². The maximum atomic E-state index is 4.28. The van der Waals surface area contributed by atoms with Crippen LogP contribution in [0.4, 0.5) is 0 Å². The maximum absolute atomic E-state index is 4.28. The molecule has 0 N–H and O–H groups in total. The van der Waals surface area contributed by atoms with Crippen LogP contribution in [-0.4, -0.2) is 15.0 Å². The molecule has 0 radical (unpaired) electrons. The molecule has 3 rings (SSSR count). The highest BCUT2D eigenvalue weighted by Crippen LogP contribution is 2.13. The Bertz CT molecular complexity index is 690. The fourth-order valence-electron chi connectivity index (χ4n) is 1.74. The third-order valence-corrected chi connectivity index (χ3v) is 2.63. The van der Waals surface area contributed by atoms with Crippen LogP contribution in [0.3, 0.4) is 0 Å². The molecule has 0 unspecified atom stereocenters. The summed E-state index contributed by atoms with van der Waals surface area (Å²) in [5.74, 6) is 0. The molecular formula is C15H11N3. The Labute approximate surface area is 105 Å². The number of nitrogens with zero attached hydrogens (tertiary/aromatic N) is 3. The summed E-state index contributed by atoms with van der Waals surface area (Å²) in [6, 6.07) is 11.9. The molecule has 0 saturated carbocycles. The monoisotopic (exact) mass is 233 g/mol. The van der Waals surface area contributed by atoms with E-state index in [4.69, 9.17) is 0 Å². The topological polar surface area (TPSA) is 38.7 Å². The minimum absolute atomic E-state index is 0.903. The highest BCUT2D eigenvalue weighted by atomic mass is 14.8. The number of hydrogen-bond donors (Lipinski definition) is 0. The predicted octanol–water partition coefficient (Wildman–Crippen LogP) is 3.20. The van der Waals surface area contributed by atoms with Crippen molar-refractivity contribution < 1.29 is 0 Å². The Morgan fingerprint density at radius 3 is 2.44 bits per heavy atom. The fourth-order valence-corrected chi connectivity index (χ4v) is 1.74. The van der Waals surface area contributed by atoms with Crippen LogP contribution < -0.4 is 0 Å². The molecule has 3 aromatic rings. The molecule has 0 aliphatic carbocycles. The van der Waals surface area contributed by atoms with Crippen molar-refractivity contribution in [2.24, 2.45) is 0 Å². The lowest BCUT2D eigenvalue weighted by Crippen LogP contribution is -1.83. The summed E-state index contributed by atoms with van der Waals surface area (Å²) < 4.78 is 0. The Morgan fingerprint density at radius 2 is 1.61 bits per heavy atom. The van der Waals surface area contributed by atoms with Gasteiger partial charge in [0.2, 0.25) is 0 Å². The number of benzene rings is 1. The maximum Gasteiger partial charge on any atom is 0.0892 e. The molecule has 0 saturated heterocycles. The van der Waals surface area contributed by atoms with E-state index in [9.17, 15) is 0 Å². The molecule has 2 heterocycles. The summed E-state index contributed by atoms with van der Waals surface area (Å²) in [7, 11) is 0. The first-order valence-corrected chi connectivity index (χ1v) is 5.72. The zero-order valence-electron chi connectivity index (χ0n) is 9.69. The van der Waals surface area contributed by atoms with Gasteiger partial charge in [0.05, 0.1) is 16.7 Å². The van der Waals surface area contributed by atoms with Crippen molar-refractivity contribution in [3.05, 3.63) is 66.2 Å². The van der Waals surface area contributed by atoms with Crippen LogP contribution in [0.15, 0.2) is 55.0 Å². The van der Waals surface area contributed by atoms with Crippen molar-refractivity contribution in [2.75, 3.05) is 0 Å². The lowest BCUT2D eigenvalue weighted by Gasteiger charge is -1.97. The highest BCUT2D eigenvalue weighted by Gasteiger charge is 1.95. The number of fused-ring (bicyclic) bond motifs is 1. The van der Waals surface area contributed by atoms with E-state index in [1.165, 1.54) is 0 Å². The zero-order chi connectivity index (χ0) is 12.2. The second kappa shape index (κ2) is 4.75. The Kier molecular flexibility index (Phi) is 2.80. The first-order valence-electron chi connectivity index (χ1n) is 5.72. The molecule has 0 amide bonds. The number of aromatic nitrogens is 3. The second-order valence-corrected chi connectivity index (χ2v) is 3.89. The Balaban J connectivity index is 1.93. The van der Waals surface area contributed by atoms with E-state index in [1.807, 2.05) is 48.6 Å². The van der Waals surface area contributed by atoms with Crippen LogP contribution in [0.5, 0.6) is 0 Å². The van der Waals surface area contributed by atoms with Gasteiger partial charge in [-0.25, -0.2) is 0 Å². The van der Waals surface area contributed by atoms with Gasteiger partial charge in [0, 0.05) is 18.6 Å². The predicted molar refractivity (Wildman–Crippen MR) is 72.7 cm³/mol. The lowest BCUT2D eigenvalue weighted by molar-refractivity contribution is 1.29. The molecule has 86 valence electrons. The van der Waals surface area contributed by atoms with E-state index < -0.39 is 0 Å². The molecule has 3 heteroatoms. The van der Waals surface area contributed by atoms with Gasteiger partial charge < -0.3 is 0 Å². The van der Waals surface area contributed by atoms with Gasteiger partial charge in [-0.1, -0.05) is 18.2 Å². The van der Waals surface area contributed by atoms with Gasteiger partial charge in [0.15, 0.2) is 0 Å². The minimum Gasteiger partial charge on any atom is -0.257 e. The van der Waals surface area contributed by atoms with Crippen LogP contribution in [-0.2, 0) is 0 Å². The molecule has 1 aromatic carbocycles. The first-order chi connectivity index (χ1) is 8.92. The van der Waals surface area contributed by atoms with Gasteiger partial charge >= 0.3 is 0 Å². The standard InChI is InChI=1S/C15H11N3/c1-2-8-16-13(3-1)6-4-12-5-7-14-15(11-12)18-10-9-17-14/h1-11H/b6-4+. The SMILES string of the molecule is C(=C\c1ccccn1)/c1ccc2nccnc2c1. The molecular weight excluding hydrogens is 222 g/mol. The summed E-state index contributed by atoms with van der Waals surface area (Å²) in [4.78, 5) is 12.8. The van der Waals surface area contributed by atoms with E-state index in [0.717, 1.165) is 22.3 Å². The summed E-state index contributed by atoms with van der Waals surface area (Å²) in [5.41, 5.74) is 3.85. The summed E-state index contributed by atoms with van der Waals surface area (Å²) in [6.45, 7) is 0. The number of pyridine rings is 1. The summed E-state index contributed by atoms with van der Waals surface area (Å²) in [6.07, 6.45) is 9.19. The van der Waals surface area contributed by atoms with Gasteiger partial charge in [-0.3, -0.25) is 15.0 Å². The summed E-state index contributed by atoms with van der Waals surface area (Å²) >= 11 is 0. The molecule has 0 atom stereocenters. The number of hydrogen-bond acceptors (Lipinski definition) is 3. The average Bonchev–Trinajstić information content (AvgIpc) is 2.46. The van der Waals surface area contributed by atoms with Crippen molar-refractivity contribution in [3.63, 3.8) is 0 Å². The van der Waals surface area contributed by atoms with Crippen LogP contribution in [0.25, 0.3) is 23.2 Å². The highest BCUT2D eigenvalue weighted by molar-refractivity contribution is 5.79. The molecule has 3 nitrogen and oxygen atoms in total. The van der Waals surface area contributed by atoms with E-state index in [0.29, 0.717) is 0 Å². The third-order valence-electron chi connectivity index (χ3n) is 2.63. The lowest BCUT2D eigenvalue weighted by atomic mass is 10.1. The molecule has 0 spiro atoms. The zero-order valence-corrected chi connectivity index (χ0v) is 9.69. The van der Waals surface area contributed by atoms with Gasteiger partial charge in [0.25, 0.3) is 0 Å². The Hall–Kier alpha value is -2.55. The van der Waals surface area contributed by atoms with Gasteiger partial charge in [-0.2, -0.15) is 0 Å². The average molecular weight is 233 g/mol. The van der Waals surface area contributed by atoms with Crippen LogP contribution in [0.2, 0.25) is 0 Å². The quantitative estimate of drug-likeness (QED) is 0.682. The largest absolute Gasteiger partial charge is 0.257 e. The van der Waals surface area contributed by atoms with Gasteiger partial charge in [-0.15, -0.1) is 0 Å². The molecule has 0 bridgehead atoms. The van der Waals surface area contributed by atoms with Crippen molar-refractivity contribution in [3.8, 4) is 0 Å². The normalized spacial score (nSPS) is 11.1. The molecule has 0 aliphatic rings. The van der Waals surface area contributed by atoms with E-state index in [-0.39, 0.29) is 0 Å². The molecule has 2 aromatic heterocycles. The van der Waals surface area contributed by atoms with Crippen molar-refractivity contribution in [2.45, 2.75) is 0 Å². The number of rotatable bonds is 2. The molecule has 18 heavy (non-hydrogen) atoms. The molecule has 0 aliphatic heterocycles. The second-order valence-electron chi connectivity index (χ2n) is 3.89. The summed E-state index contributed by atoms with van der Waals surface area (Å²) in [5, 5.41) is 0. The van der Waals surface area contributed by atoms with Crippen LogP contribution in [0, 0.1) is 0 Å². The minimum atomic E-state index is 0.903. The fraction of sp³-hybridized carbons (Fsp3) is 0. The van der Waals surface area contributed by atoms with Crippen LogP contribution >= 0.6 is 0 Å². The van der Waals surface area contributed by atoms with E-state index in [1.54, 1.807) is 18.6 Å². The van der Waals surface area contributed by atoms with Crippen molar-refractivity contribution >= 4 is 23.2 Å². The van der Waals surface area contributed by atoms with Crippen molar-refractivity contribution in [1.82, 2.24) is 15.0 Å². The van der Waals surface area contributed by atoms with Crippen LogP contribution in [0.1, 0.15) is 11.3 Å². The third kappa shape index (κ3) is 2.25.